The molecular formula is C18H24F2O3. The molecule has 3 nitrogen and oxygen atoms in total. The summed E-state index contributed by atoms with van der Waals surface area (Å²) in [5, 5.41) is 0. The van der Waals surface area contributed by atoms with Gasteiger partial charge in [-0.25, -0.2) is 0 Å². The number of alkyl halides is 2. The van der Waals surface area contributed by atoms with Crippen molar-refractivity contribution in [2.45, 2.75) is 45.5 Å². The highest BCUT2D eigenvalue weighted by Crippen LogP contribution is 2.37. The summed E-state index contributed by atoms with van der Waals surface area (Å²) in [7, 11) is 0. The Morgan fingerprint density at radius 3 is 2.13 bits per heavy atom. The Balaban J connectivity index is 1.50. The molecule has 2 aliphatic rings. The van der Waals surface area contributed by atoms with Gasteiger partial charge < -0.3 is 14.2 Å². The quantitative estimate of drug-likeness (QED) is 0.797. The van der Waals surface area contributed by atoms with Crippen molar-refractivity contribution < 1.29 is 23.0 Å². The molecule has 0 spiro atoms. The summed E-state index contributed by atoms with van der Waals surface area (Å²) in [5.41, 5.74) is 0.835. The van der Waals surface area contributed by atoms with Crippen LogP contribution < -0.4 is 4.74 Å². The second-order valence-corrected chi connectivity index (χ2v) is 6.73. The largest absolute Gasteiger partial charge is 0.435 e. The number of benzene rings is 1. The van der Waals surface area contributed by atoms with Gasteiger partial charge in [0.25, 0.3) is 0 Å². The van der Waals surface area contributed by atoms with E-state index in [4.69, 9.17) is 9.47 Å². The first-order chi connectivity index (χ1) is 11.1. The van der Waals surface area contributed by atoms with Crippen LogP contribution in [0.3, 0.4) is 0 Å². The predicted octanol–water partition coefficient (Wildman–Crippen LogP) is 4.78. The lowest BCUT2D eigenvalue weighted by Crippen LogP contribution is -2.34. The van der Waals surface area contributed by atoms with Gasteiger partial charge in [-0.1, -0.05) is 31.9 Å². The Hall–Kier alpha value is -1.20. The van der Waals surface area contributed by atoms with E-state index in [0.717, 1.165) is 11.5 Å². The van der Waals surface area contributed by atoms with Crippen LogP contribution in [-0.2, 0) is 9.47 Å². The van der Waals surface area contributed by atoms with E-state index in [1.54, 1.807) is 12.1 Å². The van der Waals surface area contributed by atoms with E-state index >= 15 is 0 Å². The van der Waals surface area contributed by atoms with E-state index < -0.39 is 12.9 Å². The fraction of sp³-hybridized carbons (Fsp3) is 0.667. The molecule has 1 aromatic carbocycles. The molecule has 0 aromatic heterocycles. The van der Waals surface area contributed by atoms with E-state index in [-0.39, 0.29) is 5.75 Å². The molecule has 1 saturated heterocycles. The lowest BCUT2D eigenvalue weighted by atomic mass is 9.76. The van der Waals surface area contributed by atoms with Crippen LogP contribution in [0.2, 0.25) is 0 Å². The Kier molecular flexibility index (Phi) is 5.49. The maximum Gasteiger partial charge on any atom is 0.387 e. The van der Waals surface area contributed by atoms with Gasteiger partial charge in [-0.3, -0.25) is 0 Å². The van der Waals surface area contributed by atoms with Gasteiger partial charge >= 0.3 is 6.61 Å². The Morgan fingerprint density at radius 2 is 1.57 bits per heavy atom. The van der Waals surface area contributed by atoms with Crippen LogP contribution in [0, 0.1) is 17.8 Å². The van der Waals surface area contributed by atoms with E-state index in [2.05, 4.69) is 11.7 Å². The third kappa shape index (κ3) is 4.42. The Labute approximate surface area is 135 Å². The van der Waals surface area contributed by atoms with Gasteiger partial charge in [0, 0.05) is 11.5 Å². The molecule has 0 N–H and O–H groups in total. The fourth-order valence-corrected chi connectivity index (χ4v) is 3.55. The molecule has 23 heavy (non-hydrogen) atoms. The maximum atomic E-state index is 12.1. The summed E-state index contributed by atoms with van der Waals surface area (Å²) < 4.78 is 40.4. The third-order valence-electron chi connectivity index (χ3n) is 5.03. The van der Waals surface area contributed by atoms with Crippen LogP contribution in [0.1, 0.15) is 44.5 Å². The zero-order valence-corrected chi connectivity index (χ0v) is 13.4. The number of hydrogen-bond acceptors (Lipinski definition) is 3. The first kappa shape index (κ1) is 16.7. The number of ether oxygens (including phenoxy) is 3. The summed E-state index contributed by atoms with van der Waals surface area (Å²) in [4.78, 5) is 0. The van der Waals surface area contributed by atoms with Gasteiger partial charge in [-0.2, -0.15) is 8.78 Å². The van der Waals surface area contributed by atoms with Crippen molar-refractivity contribution in [3.8, 4) is 5.75 Å². The van der Waals surface area contributed by atoms with Crippen molar-refractivity contribution in [2.24, 2.45) is 17.8 Å². The van der Waals surface area contributed by atoms with Gasteiger partial charge in [0.15, 0.2) is 6.29 Å². The van der Waals surface area contributed by atoms with Crippen LogP contribution in [0.25, 0.3) is 0 Å². The van der Waals surface area contributed by atoms with E-state index in [1.807, 2.05) is 0 Å². The van der Waals surface area contributed by atoms with Gasteiger partial charge in [0.05, 0.1) is 13.2 Å². The molecule has 0 bridgehead atoms. The molecule has 1 aromatic rings. The average Bonchev–Trinajstić information content (AvgIpc) is 2.56. The van der Waals surface area contributed by atoms with Crippen molar-refractivity contribution in [3.63, 3.8) is 0 Å². The Bertz CT molecular complexity index is 476. The minimum Gasteiger partial charge on any atom is -0.435 e. The molecule has 1 saturated carbocycles. The van der Waals surface area contributed by atoms with Gasteiger partial charge in [-0.05, 0) is 36.8 Å². The second-order valence-electron chi connectivity index (χ2n) is 6.73. The molecule has 3 rings (SSSR count). The minimum atomic E-state index is -2.80. The van der Waals surface area contributed by atoms with Crippen molar-refractivity contribution in [1.29, 1.82) is 0 Å². The second kappa shape index (κ2) is 7.58. The first-order valence-electron chi connectivity index (χ1n) is 8.40. The van der Waals surface area contributed by atoms with Crippen molar-refractivity contribution in [1.82, 2.24) is 0 Å². The molecule has 0 amide bonds. The molecule has 0 atom stereocenters. The highest BCUT2D eigenvalue weighted by atomic mass is 19.3. The zero-order valence-electron chi connectivity index (χ0n) is 13.4. The number of rotatable bonds is 4. The molecule has 0 unspecified atom stereocenters. The molecule has 5 heteroatoms. The summed E-state index contributed by atoms with van der Waals surface area (Å²) in [6, 6.07) is 6.46. The van der Waals surface area contributed by atoms with Gasteiger partial charge in [0.2, 0.25) is 0 Å². The molecular weight excluding hydrogens is 302 g/mol. The smallest absolute Gasteiger partial charge is 0.387 e. The average molecular weight is 326 g/mol. The van der Waals surface area contributed by atoms with Gasteiger partial charge in [-0.15, -0.1) is 0 Å². The van der Waals surface area contributed by atoms with Gasteiger partial charge in [0.1, 0.15) is 5.75 Å². The molecule has 1 aliphatic heterocycles. The molecule has 0 radical (unpaired) electrons. The van der Waals surface area contributed by atoms with Crippen molar-refractivity contribution >= 4 is 0 Å². The third-order valence-corrected chi connectivity index (χ3v) is 5.03. The van der Waals surface area contributed by atoms with Crippen LogP contribution in [0.5, 0.6) is 5.75 Å². The predicted molar refractivity (Wildman–Crippen MR) is 82.3 cm³/mol. The van der Waals surface area contributed by atoms with Crippen LogP contribution in [0.15, 0.2) is 24.3 Å². The summed E-state index contributed by atoms with van der Waals surface area (Å²) in [6.07, 6.45) is 4.73. The monoisotopic (exact) mass is 326 g/mol. The number of halogens is 2. The standard InChI is InChI=1S/C18H24F2O3/c1-12-2-4-13(5-3-12)15-10-21-17(22-11-15)14-6-8-16(9-7-14)23-18(19)20/h6-9,12-13,15,17-18H,2-5,10-11H2,1H3/t12-,13-,15?,17?. The zero-order chi connectivity index (χ0) is 16.2. The van der Waals surface area contributed by atoms with Crippen LogP contribution >= 0.6 is 0 Å². The normalized spacial score (nSPS) is 32.0. The summed E-state index contributed by atoms with van der Waals surface area (Å²) in [6.45, 7) is 0.932. The molecule has 1 aliphatic carbocycles. The topological polar surface area (TPSA) is 27.7 Å². The van der Waals surface area contributed by atoms with Crippen molar-refractivity contribution in [3.05, 3.63) is 29.8 Å². The van der Waals surface area contributed by atoms with Crippen LogP contribution in [-0.4, -0.2) is 19.8 Å². The highest BCUT2D eigenvalue weighted by Gasteiger charge is 2.31. The van der Waals surface area contributed by atoms with E-state index in [1.165, 1.54) is 37.8 Å². The Morgan fingerprint density at radius 1 is 0.957 bits per heavy atom. The summed E-state index contributed by atoms with van der Waals surface area (Å²) >= 11 is 0. The maximum absolute atomic E-state index is 12.1. The van der Waals surface area contributed by atoms with E-state index in [0.29, 0.717) is 25.0 Å². The fourth-order valence-electron chi connectivity index (χ4n) is 3.55. The first-order valence-corrected chi connectivity index (χ1v) is 8.40. The lowest BCUT2D eigenvalue weighted by molar-refractivity contribution is -0.214. The number of hydrogen-bond donors (Lipinski definition) is 0. The lowest BCUT2D eigenvalue weighted by Gasteiger charge is -2.37. The minimum absolute atomic E-state index is 0.147. The molecule has 1 heterocycles. The molecule has 2 fully saturated rings. The molecule has 128 valence electrons. The van der Waals surface area contributed by atoms with E-state index in [9.17, 15) is 8.78 Å². The highest BCUT2D eigenvalue weighted by molar-refractivity contribution is 5.28. The SMILES string of the molecule is C[C@H]1CC[C@H](C2COC(c3ccc(OC(F)F)cc3)OC2)CC1. The van der Waals surface area contributed by atoms with Crippen LogP contribution in [0.4, 0.5) is 8.78 Å². The van der Waals surface area contributed by atoms with Crippen molar-refractivity contribution in [2.75, 3.05) is 13.2 Å². The summed E-state index contributed by atoms with van der Waals surface area (Å²) in [5.74, 6) is 2.17.